The highest BCUT2D eigenvalue weighted by atomic mass is 16.4. The van der Waals surface area contributed by atoms with Crippen molar-refractivity contribution in [3.63, 3.8) is 0 Å². The first-order valence-corrected chi connectivity index (χ1v) is 8.91. The first-order chi connectivity index (χ1) is 12.1. The van der Waals surface area contributed by atoms with Crippen LogP contribution < -0.4 is 4.90 Å². The van der Waals surface area contributed by atoms with Gasteiger partial charge >= 0.3 is 0 Å². The summed E-state index contributed by atoms with van der Waals surface area (Å²) in [5.74, 6) is 0.161. The van der Waals surface area contributed by atoms with Crippen molar-refractivity contribution < 1.29 is 5.21 Å². The minimum atomic E-state index is 0.121. The molecule has 2 aromatic carbocycles. The van der Waals surface area contributed by atoms with Gasteiger partial charge in [0, 0.05) is 23.3 Å². The second-order valence-electron chi connectivity index (χ2n) is 7.85. The summed E-state index contributed by atoms with van der Waals surface area (Å²) in [6.45, 7) is 4.52. The number of hydrogen-bond acceptors (Lipinski definition) is 3. The lowest BCUT2D eigenvalue weighted by Gasteiger charge is -2.42. The molecule has 0 aromatic heterocycles. The summed E-state index contributed by atoms with van der Waals surface area (Å²) in [4.78, 5) is 2.44. The molecule has 4 rings (SSSR count). The summed E-state index contributed by atoms with van der Waals surface area (Å²) < 4.78 is 0. The molecule has 1 N–H and O–H groups in total. The summed E-state index contributed by atoms with van der Waals surface area (Å²) >= 11 is 0. The standard InChI is InChI=1S/C22H24N2O/c1-22(2)14-19(23-25)18-13-20(16-9-5-3-6-10-16)24(21(18)15-22)17-11-7-4-8-12-17/h3-13,18,21,25H,14-15H2,1-2H3/b23-19-/t18-,21-/m0/s1. The van der Waals surface area contributed by atoms with Crippen molar-refractivity contribution in [1.82, 2.24) is 0 Å². The van der Waals surface area contributed by atoms with Gasteiger partial charge in [-0.2, -0.15) is 0 Å². The lowest BCUT2D eigenvalue weighted by molar-refractivity contribution is 0.258. The van der Waals surface area contributed by atoms with E-state index in [2.05, 4.69) is 78.5 Å². The first kappa shape index (κ1) is 15.9. The first-order valence-electron chi connectivity index (χ1n) is 8.91. The van der Waals surface area contributed by atoms with E-state index in [4.69, 9.17) is 0 Å². The molecular weight excluding hydrogens is 308 g/mol. The van der Waals surface area contributed by atoms with Crippen molar-refractivity contribution in [2.75, 3.05) is 4.90 Å². The average molecular weight is 332 g/mol. The molecule has 2 aliphatic rings. The van der Waals surface area contributed by atoms with Crippen molar-refractivity contribution in [2.45, 2.75) is 32.7 Å². The molecule has 128 valence electrons. The molecule has 0 saturated heterocycles. The molecule has 0 radical (unpaired) electrons. The molecule has 0 spiro atoms. The lowest BCUT2D eigenvalue weighted by atomic mass is 9.69. The van der Waals surface area contributed by atoms with Crippen LogP contribution in [0.3, 0.4) is 0 Å². The zero-order valence-electron chi connectivity index (χ0n) is 14.8. The van der Waals surface area contributed by atoms with Crippen LogP contribution in [0.4, 0.5) is 5.69 Å². The molecule has 2 aromatic rings. The van der Waals surface area contributed by atoms with Gasteiger partial charge in [0.1, 0.15) is 0 Å². The van der Waals surface area contributed by atoms with E-state index in [1.165, 1.54) is 16.9 Å². The maximum absolute atomic E-state index is 9.62. The molecule has 1 saturated carbocycles. The largest absolute Gasteiger partial charge is 0.411 e. The van der Waals surface area contributed by atoms with Gasteiger partial charge in [-0.05, 0) is 42.0 Å². The second-order valence-corrected chi connectivity index (χ2v) is 7.85. The van der Waals surface area contributed by atoms with Gasteiger partial charge in [-0.3, -0.25) is 0 Å². The Hall–Kier alpha value is -2.55. The molecule has 0 bridgehead atoms. The number of fused-ring (bicyclic) bond motifs is 1. The van der Waals surface area contributed by atoms with E-state index in [1.807, 2.05) is 12.1 Å². The van der Waals surface area contributed by atoms with Gasteiger partial charge in [-0.25, -0.2) is 0 Å². The number of oxime groups is 1. The molecule has 1 fully saturated rings. The maximum Gasteiger partial charge on any atom is 0.0666 e. The van der Waals surface area contributed by atoms with E-state index < -0.39 is 0 Å². The van der Waals surface area contributed by atoms with Crippen LogP contribution in [0.2, 0.25) is 0 Å². The van der Waals surface area contributed by atoms with E-state index in [-0.39, 0.29) is 17.4 Å². The molecule has 0 unspecified atom stereocenters. The Balaban J connectivity index is 1.84. The SMILES string of the molecule is CC1(C)C/C(=N/O)[C@@H]2C=C(c3ccccc3)N(c3ccccc3)[C@H]2C1. The van der Waals surface area contributed by atoms with Crippen LogP contribution >= 0.6 is 0 Å². The van der Waals surface area contributed by atoms with Crippen LogP contribution in [-0.2, 0) is 0 Å². The third-order valence-corrected chi connectivity index (χ3v) is 5.38. The summed E-state index contributed by atoms with van der Waals surface area (Å²) in [5, 5.41) is 13.3. The van der Waals surface area contributed by atoms with Gasteiger partial charge in [0.15, 0.2) is 0 Å². The van der Waals surface area contributed by atoms with Crippen LogP contribution in [0, 0.1) is 11.3 Å². The number of rotatable bonds is 2. The van der Waals surface area contributed by atoms with Crippen molar-refractivity contribution in [3.8, 4) is 0 Å². The van der Waals surface area contributed by atoms with Crippen LogP contribution in [-0.4, -0.2) is 17.0 Å². The van der Waals surface area contributed by atoms with Crippen LogP contribution in [0.25, 0.3) is 5.70 Å². The highest BCUT2D eigenvalue weighted by molar-refractivity contribution is 5.96. The Bertz CT molecular complexity index is 808. The third kappa shape index (κ3) is 2.84. The molecule has 3 heteroatoms. The van der Waals surface area contributed by atoms with Crippen LogP contribution in [0.5, 0.6) is 0 Å². The highest BCUT2D eigenvalue weighted by Gasteiger charge is 2.46. The van der Waals surface area contributed by atoms with Crippen LogP contribution in [0.1, 0.15) is 32.3 Å². The number of anilines is 1. The third-order valence-electron chi connectivity index (χ3n) is 5.38. The van der Waals surface area contributed by atoms with Crippen molar-refractivity contribution in [1.29, 1.82) is 0 Å². The monoisotopic (exact) mass is 332 g/mol. The smallest absolute Gasteiger partial charge is 0.0666 e. The van der Waals surface area contributed by atoms with Gasteiger partial charge in [0.25, 0.3) is 0 Å². The minimum absolute atomic E-state index is 0.121. The number of nitrogens with zero attached hydrogens (tertiary/aromatic N) is 2. The van der Waals surface area contributed by atoms with E-state index in [9.17, 15) is 5.21 Å². The zero-order valence-corrected chi connectivity index (χ0v) is 14.8. The quantitative estimate of drug-likeness (QED) is 0.607. The summed E-state index contributed by atoms with van der Waals surface area (Å²) in [7, 11) is 0. The van der Waals surface area contributed by atoms with Crippen molar-refractivity contribution in [2.24, 2.45) is 16.5 Å². The summed E-state index contributed by atoms with van der Waals surface area (Å²) in [5.41, 5.74) is 4.63. The Morgan fingerprint density at radius 2 is 1.64 bits per heavy atom. The molecule has 1 aliphatic heterocycles. The van der Waals surface area contributed by atoms with E-state index in [1.54, 1.807) is 0 Å². The van der Waals surface area contributed by atoms with Gasteiger partial charge in [-0.1, -0.05) is 67.5 Å². The van der Waals surface area contributed by atoms with Crippen molar-refractivity contribution in [3.05, 3.63) is 72.3 Å². The number of benzene rings is 2. The fraction of sp³-hybridized carbons (Fsp3) is 0.318. The van der Waals surface area contributed by atoms with E-state index >= 15 is 0 Å². The van der Waals surface area contributed by atoms with Crippen LogP contribution in [0.15, 0.2) is 71.9 Å². The summed E-state index contributed by atoms with van der Waals surface area (Å²) in [6, 6.07) is 21.3. The Morgan fingerprint density at radius 1 is 1.00 bits per heavy atom. The molecule has 2 atom stereocenters. The molecule has 1 heterocycles. The minimum Gasteiger partial charge on any atom is -0.411 e. The molecular formula is C22H24N2O. The second kappa shape index (κ2) is 6.07. The Kier molecular flexibility index (Phi) is 3.87. The highest BCUT2D eigenvalue weighted by Crippen LogP contribution is 2.48. The zero-order chi connectivity index (χ0) is 17.4. The fourth-order valence-corrected chi connectivity index (χ4v) is 4.35. The topological polar surface area (TPSA) is 35.8 Å². The Morgan fingerprint density at radius 3 is 2.28 bits per heavy atom. The fourth-order valence-electron chi connectivity index (χ4n) is 4.35. The van der Waals surface area contributed by atoms with E-state index in [0.717, 1.165) is 18.6 Å². The van der Waals surface area contributed by atoms with Crippen molar-refractivity contribution >= 4 is 17.1 Å². The van der Waals surface area contributed by atoms with Gasteiger partial charge in [0.2, 0.25) is 0 Å². The van der Waals surface area contributed by atoms with Gasteiger partial charge in [-0.15, -0.1) is 0 Å². The molecule has 3 nitrogen and oxygen atoms in total. The lowest BCUT2D eigenvalue weighted by Crippen LogP contribution is -2.45. The van der Waals surface area contributed by atoms with Gasteiger partial charge < -0.3 is 10.1 Å². The molecule has 25 heavy (non-hydrogen) atoms. The summed E-state index contributed by atoms with van der Waals surface area (Å²) in [6.07, 6.45) is 4.20. The number of para-hydroxylation sites is 1. The van der Waals surface area contributed by atoms with Gasteiger partial charge in [0.05, 0.1) is 5.71 Å². The Labute approximate surface area is 149 Å². The normalized spacial score (nSPS) is 26.4. The van der Waals surface area contributed by atoms with E-state index in [0.29, 0.717) is 0 Å². The average Bonchev–Trinajstić information content (AvgIpc) is 3.00. The predicted molar refractivity (Wildman–Crippen MR) is 103 cm³/mol. The molecule has 0 amide bonds. The predicted octanol–water partition coefficient (Wildman–Crippen LogP) is 5.18. The number of hydrogen-bond donors (Lipinski definition) is 1. The maximum atomic E-state index is 9.62. The molecule has 1 aliphatic carbocycles.